The van der Waals surface area contributed by atoms with E-state index < -0.39 is 0 Å². The average molecular weight is 311 g/mol. The van der Waals surface area contributed by atoms with Crippen molar-refractivity contribution in [3.05, 3.63) is 72.9 Å². The van der Waals surface area contributed by atoms with Crippen LogP contribution in [0.15, 0.2) is 88.5 Å². The van der Waals surface area contributed by atoms with Gasteiger partial charge in [-0.25, -0.2) is 0 Å². The van der Waals surface area contributed by atoms with Gasteiger partial charge in [-0.05, 0) is 38.4 Å². The standard InChI is InChI=1S/C14H10.C3H4N4.ClH/c1-2-9-13-11(5-1)6-3-7-12-8-4-10-14(12)13;1-2-4-6-7-5-3-1;/h1-10H;1-3H,(H,4,7);1H. The summed E-state index contributed by atoms with van der Waals surface area (Å²) in [6.07, 6.45) is 4.89. The quantitative estimate of drug-likeness (QED) is 0.635. The largest absolute Gasteiger partial charge is 0.266 e. The first-order chi connectivity index (χ1) is 10.4. The summed E-state index contributed by atoms with van der Waals surface area (Å²) in [7, 11) is 0. The second-order valence-corrected chi connectivity index (χ2v) is 4.45. The Morgan fingerprint density at radius 2 is 1.59 bits per heavy atom. The van der Waals surface area contributed by atoms with Crippen molar-refractivity contribution in [3.8, 4) is 11.1 Å². The van der Waals surface area contributed by atoms with Crippen molar-refractivity contribution in [1.82, 2.24) is 5.43 Å². The molecule has 2 aliphatic carbocycles. The molecule has 0 saturated carbocycles. The molecule has 0 unspecified atom stereocenters. The number of hydrogen-bond donors (Lipinski definition) is 1. The molecule has 4 rings (SSSR count). The van der Waals surface area contributed by atoms with Gasteiger partial charge < -0.3 is 0 Å². The monoisotopic (exact) mass is 310 g/mol. The Morgan fingerprint density at radius 3 is 2.50 bits per heavy atom. The van der Waals surface area contributed by atoms with Gasteiger partial charge in [-0.15, -0.1) is 17.5 Å². The molecule has 0 saturated heterocycles. The third kappa shape index (κ3) is 3.68. The molecule has 1 aromatic carbocycles. The van der Waals surface area contributed by atoms with E-state index in [1.54, 1.807) is 18.5 Å². The van der Waals surface area contributed by atoms with Crippen molar-refractivity contribution in [1.29, 1.82) is 0 Å². The Labute approximate surface area is 135 Å². The summed E-state index contributed by atoms with van der Waals surface area (Å²) in [6, 6.07) is 21.4. The van der Waals surface area contributed by atoms with E-state index in [9.17, 15) is 0 Å². The van der Waals surface area contributed by atoms with Crippen LogP contribution in [-0.2, 0) is 0 Å². The zero-order valence-electron chi connectivity index (χ0n) is 11.8. The van der Waals surface area contributed by atoms with Gasteiger partial charge in [0.25, 0.3) is 0 Å². The Balaban J connectivity index is 0.000000189. The van der Waals surface area contributed by atoms with Crippen LogP contribution in [0.5, 0.6) is 0 Å². The van der Waals surface area contributed by atoms with Crippen molar-refractivity contribution in [2.75, 3.05) is 0 Å². The normalized spacial score (nSPS) is 12.0. The minimum Gasteiger partial charge on any atom is -0.266 e. The molecule has 0 bridgehead atoms. The van der Waals surface area contributed by atoms with Crippen LogP contribution in [-0.4, -0.2) is 6.21 Å². The minimum atomic E-state index is 0. The molecule has 0 aromatic heterocycles. The number of nitrogens with zero attached hydrogens (tertiary/aromatic N) is 3. The van der Waals surface area contributed by atoms with Gasteiger partial charge in [0, 0.05) is 6.20 Å². The van der Waals surface area contributed by atoms with Gasteiger partial charge in [-0.1, -0.05) is 60.7 Å². The van der Waals surface area contributed by atoms with Gasteiger partial charge in [0.2, 0.25) is 0 Å². The van der Waals surface area contributed by atoms with Crippen molar-refractivity contribution >= 4 is 29.4 Å². The Bertz CT molecular complexity index is 781. The van der Waals surface area contributed by atoms with E-state index in [0.717, 1.165) is 0 Å². The summed E-state index contributed by atoms with van der Waals surface area (Å²) in [6.45, 7) is 0. The molecule has 3 aliphatic rings. The van der Waals surface area contributed by atoms with Gasteiger partial charge in [-0.2, -0.15) is 0 Å². The average Bonchev–Trinajstić information content (AvgIpc) is 2.74. The lowest BCUT2D eigenvalue weighted by atomic mass is 10.1. The molecule has 1 N–H and O–H groups in total. The summed E-state index contributed by atoms with van der Waals surface area (Å²) in [5.74, 6) is 0. The van der Waals surface area contributed by atoms with Gasteiger partial charge in [-0.3, -0.25) is 5.43 Å². The molecule has 1 aromatic rings. The molecule has 22 heavy (non-hydrogen) atoms. The van der Waals surface area contributed by atoms with E-state index in [1.807, 2.05) is 0 Å². The first kappa shape index (κ1) is 15.7. The summed E-state index contributed by atoms with van der Waals surface area (Å²) in [5, 5.41) is 12.7. The van der Waals surface area contributed by atoms with Crippen LogP contribution in [0.3, 0.4) is 0 Å². The van der Waals surface area contributed by atoms with Crippen molar-refractivity contribution in [3.63, 3.8) is 0 Å². The van der Waals surface area contributed by atoms with Crippen LogP contribution in [0.25, 0.3) is 21.9 Å². The number of allylic oxidation sites excluding steroid dienone is 1. The number of hydrogen-bond acceptors (Lipinski definition) is 4. The molecule has 4 nitrogen and oxygen atoms in total. The molecule has 110 valence electrons. The summed E-state index contributed by atoms with van der Waals surface area (Å²) in [4.78, 5) is 0. The van der Waals surface area contributed by atoms with Crippen LogP contribution in [0.2, 0.25) is 0 Å². The first-order valence-electron chi connectivity index (χ1n) is 6.65. The first-order valence-corrected chi connectivity index (χ1v) is 6.65. The molecular weight excluding hydrogens is 296 g/mol. The van der Waals surface area contributed by atoms with E-state index in [4.69, 9.17) is 0 Å². The van der Waals surface area contributed by atoms with Crippen LogP contribution >= 0.6 is 12.4 Å². The van der Waals surface area contributed by atoms with E-state index in [-0.39, 0.29) is 12.4 Å². The predicted octanol–water partition coefficient (Wildman–Crippen LogP) is 4.82. The van der Waals surface area contributed by atoms with Gasteiger partial charge in [0.05, 0.1) is 6.21 Å². The highest BCUT2D eigenvalue weighted by atomic mass is 35.5. The second kappa shape index (κ2) is 7.90. The van der Waals surface area contributed by atoms with Crippen molar-refractivity contribution in [2.45, 2.75) is 0 Å². The maximum absolute atomic E-state index is 3.45. The third-order valence-electron chi connectivity index (χ3n) is 3.13. The van der Waals surface area contributed by atoms with Crippen LogP contribution in [0, 0.1) is 0 Å². The Kier molecular flexibility index (Phi) is 5.63. The zero-order chi connectivity index (χ0) is 14.3. The highest BCUT2D eigenvalue weighted by Gasteiger charge is 2.03. The highest BCUT2D eigenvalue weighted by molar-refractivity contribution is 5.96. The smallest absolute Gasteiger partial charge is 0.0529 e. The maximum Gasteiger partial charge on any atom is 0.0529 e. The molecule has 0 radical (unpaired) electrons. The van der Waals surface area contributed by atoms with E-state index in [1.165, 1.54) is 21.9 Å². The second-order valence-electron chi connectivity index (χ2n) is 4.45. The SMILES string of the molecule is C1=CNN=NN=C1.Cl.c1cc2cccc3ccccc3c-2c1. The Hall–Kier alpha value is -2.72. The van der Waals surface area contributed by atoms with Crippen molar-refractivity contribution in [2.24, 2.45) is 15.5 Å². The maximum atomic E-state index is 3.45. The number of rotatable bonds is 0. The van der Waals surface area contributed by atoms with E-state index in [2.05, 4.69) is 81.6 Å². The van der Waals surface area contributed by atoms with Crippen LogP contribution < -0.4 is 5.43 Å². The van der Waals surface area contributed by atoms with Gasteiger partial charge in [0.15, 0.2) is 0 Å². The molecule has 0 spiro atoms. The number of nitrogens with one attached hydrogen (secondary N) is 1. The lowest BCUT2D eigenvalue weighted by Crippen LogP contribution is -1.87. The van der Waals surface area contributed by atoms with Crippen LogP contribution in [0.4, 0.5) is 0 Å². The molecule has 0 amide bonds. The predicted molar refractivity (Wildman–Crippen MR) is 93.4 cm³/mol. The highest BCUT2D eigenvalue weighted by Crippen LogP contribution is 2.29. The topological polar surface area (TPSA) is 49.1 Å². The lowest BCUT2D eigenvalue weighted by molar-refractivity contribution is 0.834. The van der Waals surface area contributed by atoms with Gasteiger partial charge in [0.1, 0.15) is 0 Å². The van der Waals surface area contributed by atoms with Gasteiger partial charge >= 0.3 is 0 Å². The molecular formula is C17H15ClN4. The summed E-state index contributed by atoms with van der Waals surface area (Å²) in [5.41, 5.74) is 5.15. The van der Waals surface area contributed by atoms with E-state index in [0.29, 0.717) is 0 Å². The number of halogens is 1. The minimum absolute atomic E-state index is 0. The molecule has 1 aliphatic heterocycles. The number of fused-ring (bicyclic) bond motifs is 3. The molecule has 5 heteroatoms. The number of benzene rings is 1. The van der Waals surface area contributed by atoms with Crippen molar-refractivity contribution < 1.29 is 0 Å². The lowest BCUT2D eigenvalue weighted by Gasteiger charge is -1.96. The fraction of sp³-hybridized carbons (Fsp3) is 0. The zero-order valence-corrected chi connectivity index (χ0v) is 12.6. The fourth-order valence-electron chi connectivity index (χ4n) is 2.21. The fourth-order valence-corrected chi connectivity index (χ4v) is 2.21. The third-order valence-corrected chi connectivity index (χ3v) is 3.13. The summed E-state index contributed by atoms with van der Waals surface area (Å²) >= 11 is 0. The molecule has 1 heterocycles. The summed E-state index contributed by atoms with van der Waals surface area (Å²) < 4.78 is 0. The van der Waals surface area contributed by atoms with E-state index >= 15 is 0 Å². The molecule has 0 atom stereocenters. The molecule has 0 fully saturated rings. The Morgan fingerprint density at radius 1 is 0.818 bits per heavy atom. The van der Waals surface area contributed by atoms with Crippen LogP contribution in [0.1, 0.15) is 0 Å².